The summed E-state index contributed by atoms with van der Waals surface area (Å²) in [5.41, 5.74) is 1.15. The summed E-state index contributed by atoms with van der Waals surface area (Å²) >= 11 is 0. The van der Waals surface area contributed by atoms with Crippen molar-refractivity contribution < 1.29 is 14.0 Å². The number of benzene rings is 2. The van der Waals surface area contributed by atoms with Crippen LogP contribution in [0, 0.1) is 12.7 Å². The Bertz CT molecular complexity index is 1230. The van der Waals surface area contributed by atoms with Gasteiger partial charge in [0, 0.05) is 37.1 Å². The maximum atomic E-state index is 14.4. The molecule has 8 heteroatoms. The zero-order valence-electron chi connectivity index (χ0n) is 17.5. The number of carbonyl (C=O) groups is 2. The molecule has 0 aliphatic carbocycles. The fourth-order valence-corrected chi connectivity index (χ4v) is 3.92. The number of nitrogens with zero attached hydrogens (tertiary/aromatic N) is 4. The van der Waals surface area contributed by atoms with Crippen molar-refractivity contribution in [2.24, 2.45) is 0 Å². The number of fused-ring (bicyclic) bond motifs is 1. The number of amides is 1. The Kier molecular flexibility index (Phi) is 5.54. The second-order valence-electron chi connectivity index (χ2n) is 7.68. The predicted molar refractivity (Wildman–Crippen MR) is 116 cm³/mol. The van der Waals surface area contributed by atoms with Crippen LogP contribution in [0.4, 0.5) is 10.1 Å². The third kappa shape index (κ3) is 4.05. The number of anilines is 1. The molecule has 7 nitrogen and oxygen atoms in total. The zero-order valence-corrected chi connectivity index (χ0v) is 17.5. The van der Waals surface area contributed by atoms with Gasteiger partial charge in [0.1, 0.15) is 12.4 Å². The van der Waals surface area contributed by atoms with E-state index in [0.29, 0.717) is 48.5 Å². The molecule has 2 heterocycles. The van der Waals surface area contributed by atoms with Crippen molar-refractivity contribution in [3.63, 3.8) is 0 Å². The predicted octanol–water partition coefficient (Wildman–Crippen LogP) is 2.40. The van der Waals surface area contributed by atoms with Crippen molar-refractivity contribution in [1.29, 1.82) is 0 Å². The summed E-state index contributed by atoms with van der Waals surface area (Å²) in [4.78, 5) is 40.4. The van der Waals surface area contributed by atoms with E-state index in [4.69, 9.17) is 0 Å². The summed E-state index contributed by atoms with van der Waals surface area (Å²) in [6.45, 7) is 4.82. The van der Waals surface area contributed by atoms with Crippen LogP contribution in [0.2, 0.25) is 0 Å². The summed E-state index contributed by atoms with van der Waals surface area (Å²) in [6.07, 6.45) is 0. The third-order valence-corrected chi connectivity index (χ3v) is 5.66. The molecular formula is C23H23FN4O3. The second kappa shape index (κ2) is 8.29. The molecule has 160 valence electrons. The highest BCUT2D eigenvalue weighted by Crippen LogP contribution is 2.22. The Morgan fingerprint density at radius 1 is 1.03 bits per heavy atom. The van der Waals surface area contributed by atoms with Gasteiger partial charge in [-0.3, -0.25) is 14.4 Å². The van der Waals surface area contributed by atoms with Crippen LogP contribution in [0.15, 0.2) is 47.3 Å². The fourth-order valence-electron chi connectivity index (χ4n) is 3.92. The standard InChI is InChI=1S/C23H23FN4O3/c1-15-18-5-3-4-6-19(18)23(31)28(25-15)14-22(30)27-11-9-26(10-12-27)21-8-7-17(16(2)29)13-20(21)24/h3-8,13H,9-12,14H2,1-2H3. The Labute approximate surface area is 178 Å². The van der Waals surface area contributed by atoms with Crippen LogP contribution in [-0.4, -0.2) is 52.5 Å². The number of aromatic nitrogens is 2. The molecule has 0 N–H and O–H groups in total. The van der Waals surface area contributed by atoms with E-state index in [1.54, 1.807) is 29.2 Å². The van der Waals surface area contributed by atoms with Crippen LogP contribution in [0.5, 0.6) is 0 Å². The minimum Gasteiger partial charge on any atom is -0.366 e. The lowest BCUT2D eigenvalue weighted by Gasteiger charge is -2.36. The molecule has 4 rings (SSSR count). The number of ketones is 1. The highest BCUT2D eigenvalue weighted by Gasteiger charge is 2.24. The molecule has 1 amide bonds. The molecule has 1 aliphatic rings. The summed E-state index contributed by atoms with van der Waals surface area (Å²) in [6, 6.07) is 11.7. The molecule has 3 aromatic rings. The largest absolute Gasteiger partial charge is 0.366 e. The van der Waals surface area contributed by atoms with Gasteiger partial charge in [-0.1, -0.05) is 18.2 Å². The van der Waals surface area contributed by atoms with Gasteiger partial charge in [-0.15, -0.1) is 0 Å². The van der Waals surface area contributed by atoms with E-state index < -0.39 is 5.82 Å². The smallest absolute Gasteiger partial charge is 0.275 e. The highest BCUT2D eigenvalue weighted by atomic mass is 19.1. The molecular weight excluding hydrogens is 399 g/mol. The van der Waals surface area contributed by atoms with Crippen LogP contribution in [0.1, 0.15) is 23.0 Å². The quantitative estimate of drug-likeness (QED) is 0.604. The lowest BCUT2D eigenvalue weighted by Crippen LogP contribution is -2.50. The molecule has 1 saturated heterocycles. The molecule has 1 aliphatic heterocycles. The first-order valence-electron chi connectivity index (χ1n) is 10.1. The van der Waals surface area contributed by atoms with Gasteiger partial charge < -0.3 is 9.80 Å². The van der Waals surface area contributed by atoms with Crippen LogP contribution in [0.3, 0.4) is 0 Å². The van der Waals surface area contributed by atoms with Gasteiger partial charge >= 0.3 is 0 Å². The van der Waals surface area contributed by atoms with Crippen LogP contribution >= 0.6 is 0 Å². The fraction of sp³-hybridized carbons (Fsp3) is 0.304. The molecule has 0 radical (unpaired) electrons. The molecule has 0 spiro atoms. The van der Waals surface area contributed by atoms with Gasteiger partial charge in [0.15, 0.2) is 5.78 Å². The number of hydrogen-bond acceptors (Lipinski definition) is 5. The number of aryl methyl sites for hydroxylation is 1. The molecule has 0 bridgehead atoms. The number of carbonyl (C=O) groups excluding carboxylic acids is 2. The van der Waals surface area contributed by atoms with E-state index in [-0.39, 0.29) is 23.8 Å². The van der Waals surface area contributed by atoms with Crippen molar-refractivity contribution in [2.45, 2.75) is 20.4 Å². The second-order valence-corrected chi connectivity index (χ2v) is 7.68. The average molecular weight is 422 g/mol. The monoisotopic (exact) mass is 422 g/mol. The van der Waals surface area contributed by atoms with Crippen molar-refractivity contribution in [1.82, 2.24) is 14.7 Å². The van der Waals surface area contributed by atoms with E-state index in [9.17, 15) is 18.8 Å². The minimum absolute atomic E-state index is 0.133. The number of rotatable bonds is 4. The van der Waals surface area contributed by atoms with E-state index in [2.05, 4.69) is 5.10 Å². The number of halogens is 1. The first-order valence-corrected chi connectivity index (χ1v) is 10.1. The van der Waals surface area contributed by atoms with Crippen LogP contribution in [0.25, 0.3) is 10.8 Å². The zero-order chi connectivity index (χ0) is 22.1. The summed E-state index contributed by atoms with van der Waals surface area (Å²) < 4.78 is 15.6. The van der Waals surface area contributed by atoms with Crippen molar-refractivity contribution in [2.75, 3.05) is 31.1 Å². The average Bonchev–Trinajstić information content (AvgIpc) is 2.77. The van der Waals surface area contributed by atoms with Crippen molar-refractivity contribution in [3.05, 3.63) is 69.9 Å². The van der Waals surface area contributed by atoms with Gasteiger partial charge in [-0.25, -0.2) is 9.07 Å². The summed E-state index contributed by atoms with van der Waals surface area (Å²) in [7, 11) is 0. The Morgan fingerprint density at radius 2 is 1.71 bits per heavy atom. The Balaban J connectivity index is 1.45. The van der Waals surface area contributed by atoms with Crippen LogP contribution in [-0.2, 0) is 11.3 Å². The third-order valence-electron chi connectivity index (χ3n) is 5.66. The first kappa shape index (κ1) is 20.7. The lowest BCUT2D eigenvalue weighted by atomic mass is 10.1. The van der Waals surface area contributed by atoms with Gasteiger partial charge in [0.25, 0.3) is 5.56 Å². The topological polar surface area (TPSA) is 75.5 Å². The first-order chi connectivity index (χ1) is 14.8. The lowest BCUT2D eigenvalue weighted by molar-refractivity contribution is -0.132. The maximum absolute atomic E-state index is 14.4. The Morgan fingerprint density at radius 3 is 2.35 bits per heavy atom. The molecule has 0 atom stereocenters. The minimum atomic E-state index is -0.449. The van der Waals surface area contributed by atoms with Crippen molar-refractivity contribution in [3.8, 4) is 0 Å². The van der Waals surface area contributed by atoms with E-state index in [1.807, 2.05) is 24.0 Å². The van der Waals surface area contributed by atoms with Gasteiger partial charge in [-0.05, 0) is 38.1 Å². The van der Waals surface area contributed by atoms with Crippen LogP contribution < -0.4 is 10.5 Å². The normalized spacial score (nSPS) is 14.2. The maximum Gasteiger partial charge on any atom is 0.275 e. The summed E-state index contributed by atoms with van der Waals surface area (Å²) in [5, 5.41) is 5.62. The van der Waals surface area contributed by atoms with Crippen molar-refractivity contribution >= 4 is 28.2 Å². The van der Waals surface area contributed by atoms with E-state index in [0.717, 1.165) is 5.39 Å². The SMILES string of the molecule is CC(=O)c1ccc(N2CCN(C(=O)Cn3nc(C)c4ccccc4c3=O)CC2)c(F)c1. The van der Waals surface area contributed by atoms with Gasteiger partial charge in [-0.2, -0.15) is 5.10 Å². The molecule has 31 heavy (non-hydrogen) atoms. The molecule has 2 aromatic carbocycles. The van der Waals surface area contributed by atoms with E-state index in [1.165, 1.54) is 17.7 Å². The van der Waals surface area contributed by atoms with E-state index >= 15 is 0 Å². The molecule has 0 saturated carbocycles. The number of piperazine rings is 1. The highest BCUT2D eigenvalue weighted by molar-refractivity contribution is 5.94. The molecule has 0 unspecified atom stereocenters. The summed E-state index contributed by atoms with van der Waals surface area (Å²) in [5.74, 6) is -0.833. The number of hydrogen-bond donors (Lipinski definition) is 0. The molecule has 1 fully saturated rings. The van der Waals surface area contributed by atoms with Gasteiger partial charge in [0.05, 0.1) is 16.8 Å². The molecule has 1 aromatic heterocycles. The van der Waals surface area contributed by atoms with Gasteiger partial charge in [0.2, 0.25) is 5.91 Å². The number of Topliss-reactive ketones (excluding diaryl/α,β-unsaturated/α-hetero) is 1. The Hall–Kier alpha value is -3.55.